The van der Waals surface area contributed by atoms with E-state index in [9.17, 15) is 9.59 Å². The first kappa shape index (κ1) is 10.2. The van der Waals surface area contributed by atoms with E-state index in [1.807, 2.05) is 0 Å². The van der Waals surface area contributed by atoms with E-state index in [1.165, 1.54) is 0 Å². The predicted octanol–water partition coefficient (Wildman–Crippen LogP) is 0.686. The molecule has 4 heteroatoms. The lowest BCUT2D eigenvalue weighted by Gasteiger charge is -2.08. The Kier molecular flexibility index (Phi) is 3.42. The van der Waals surface area contributed by atoms with Gasteiger partial charge in [-0.2, -0.15) is 0 Å². The number of ketones is 1. The van der Waals surface area contributed by atoms with Crippen LogP contribution in [0.3, 0.4) is 0 Å². The molecule has 2 atom stereocenters. The molecule has 0 aliphatic carbocycles. The second kappa shape index (κ2) is 4.37. The van der Waals surface area contributed by atoms with Gasteiger partial charge in [-0.15, -0.1) is 0 Å². The third-order valence-electron chi connectivity index (χ3n) is 1.98. The van der Waals surface area contributed by atoms with Crippen LogP contribution in [0.25, 0.3) is 0 Å². The average Bonchev–Trinajstić information content (AvgIpc) is 2.31. The van der Waals surface area contributed by atoms with Crippen molar-refractivity contribution < 1.29 is 19.1 Å². The van der Waals surface area contributed by atoms with E-state index in [2.05, 4.69) is 0 Å². The van der Waals surface area contributed by atoms with Crippen LogP contribution in [0.1, 0.15) is 26.7 Å². The van der Waals surface area contributed by atoms with Gasteiger partial charge in [-0.1, -0.05) is 0 Å². The molecule has 0 saturated carbocycles. The lowest BCUT2D eigenvalue weighted by Crippen LogP contribution is -2.16. The van der Waals surface area contributed by atoms with Gasteiger partial charge < -0.3 is 9.47 Å². The first-order valence-electron chi connectivity index (χ1n) is 4.47. The van der Waals surface area contributed by atoms with E-state index < -0.39 is 0 Å². The number of ether oxygens (including phenoxy) is 2. The smallest absolute Gasteiger partial charge is 0.308 e. The molecular weight excluding hydrogens is 172 g/mol. The summed E-state index contributed by atoms with van der Waals surface area (Å²) in [5.41, 5.74) is 0. The van der Waals surface area contributed by atoms with Crippen molar-refractivity contribution in [1.82, 2.24) is 0 Å². The van der Waals surface area contributed by atoms with Crippen LogP contribution >= 0.6 is 0 Å². The van der Waals surface area contributed by atoms with Crippen molar-refractivity contribution in [3.63, 3.8) is 0 Å². The summed E-state index contributed by atoms with van der Waals surface area (Å²) < 4.78 is 9.98. The summed E-state index contributed by atoms with van der Waals surface area (Å²) in [6, 6.07) is 0. The fraction of sp³-hybridized carbons (Fsp3) is 0.778. The normalized spacial score (nSPS) is 27.7. The Morgan fingerprint density at radius 1 is 1.69 bits per heavy atom. The summed E-state index contributed by atoms with van der Waals surface area (Å²) in [5, 5.41) is 0. The lowest BCUT2D eigenvalue weighted by molar-refractivity contribution is -0.146. The van der Waals surface area contributed by atoms with Gasteiger partial charge in [0, 0.05) is 6.42 Å². The predicted molar refractivity (Wildman–Crippen MR) is 45.2 cm³/mol. The third kappa shape index (κ3) is 2.81. The van der Waals surface area contributed by atoms with Crippen molar-refractivity contribution in [3.05, 3.63) is 0 Å². The molecule has 0 bridgehead atoms. The summed E-state index contributed by atoms with van der Waals surface area (Å²) in [6.07, 6.45) is -0.120. The van der Waals surface area contributed by atoms with Gasteiger partial charge in [-0.3, -0.25) is 9.59 Å². The molecular formula is C9H14O4. The number of Topliss-reactive ketones (excluding diaryl/α,β-unsaturated/α-hetero) is 1. The maximum Gasteiger partial charge on any atom is 0.308 e. The molecule has 0 N–H and O–H groups in total. The van der Waals surface area contributed by atoms with Crippen LogP contribution in [0.4, 0.5) is 0 Å². The molecule has 1 fully saturated rings. The zero-order valence-corrected chi connectivity index (χ0v) is 7.91. The standard InChI is InChI=1S/C9H14O4/c1-3-12-9(11)5-7-4-8(10)6(2)13-7/h6-7H,3-5H2,1-2H3/t6-,7+/m0/s1. The molecule has 1 aliphatic rings. The first-order valence-corrected chi connectivity index (χ1v) is 4.47. The highest BCUT2D eigenvalue weighted by Crippen LogP contribution is 2.18. The van der Waals surface area contributed by atoms with E-state index in [4.69, 9.17) is 9.47 Å². The average molecular weight is 186 g/mol. The van der Waals surface area contributed by atoms with E-state index >= 15 is 0 Å². The zero-order valence-electron chi connectivity index (χ0n) is 7.91. The van der Waals surface area contributed by atoms with Crippen LogP contribution < -0.4 is 0 Å². The summed E-state index contributed by atoms with van der Waals surface area (Å²) >= 11 is 0. The fourth-order valence-electron chi connectivity index (χ4n) is 1.33. The first-order chi connectivity index (χ1) is 6.13. The van der Waals surface area contributed by atoms with Crippen molar-refractivity contribution in [2.75, 3.05) is 6.61 Å². The molecule has 0 amide bonds. The number of hydrogen-bond donors (Lipinski definition) is 0. The van der Waals surface area contributed by atoms with Crippen LogP contribution in [0.5, 0.6) is 0 Å². The number of esters is 1. The second-order valence-corrected chi connectivity index (χ2v) is 3.08. The van der Waals surface area contributed by atoms with Crippen LogP contribution in [0.15, 0.2) is 0 Å². The minimum absolute atomic E-state index is 0.0642. The molecule has 0 aromatic rings. The Morgan fingerprint density at radius 3 is 2.85 bits per heavy atom. The molecule has 1 saturated heterocycles. The molecule has 4 nitrogen and oxygen atoms in total. The minimum atomic E-state index is -0.362. The van der Waals surface area contributed by atoms with Gasteiger partial charge in [0.2, 0.25) is 0 Å². The molecule has 1 aliphatic heterocycles. The van der Waals surface area contributed by atoms with Crippen molar-refractivity contribution in [3.8, 4) is 0 Å². The number of hydrogen-bond acceptors (Lipinski definition) is 4. The highest BCUT2D eigenvalue weighted by atomic mass is 16.5. The summed E-state index contributed by atoms with van der Waals surface area (Å²) in [7, 11) is 0. The van der Waals surface area contributed by atoms with Crippen molar-refractivity contribution in [2.24, 2.45) is 0 Å². The Morgan fingerprint density at radius 2 is 2.38 bits per heavy atom. The molecule has 0 unspecified atom stereocenters. The molecule has 1 rings (SSSR count). The maximum absolute atomic E-state index is 11.0. The van der Waals surface area contributed by atoms with E-state index in [0.717, 1.165) is 0 Å². The molecule has 74 valence electrons. The highest BCUT2D eigenvalue weighted by Gasteiger charge is 2.31. The lowest BCUT2D eigenvalue weighted by atomic mass is 10.1. The van der Waals surface area contributed by atoms with Gasteiger partial charge in [0.25, 0.3) is 0 Å². The Labute approximate surface area is 77.2 Å². The van der Waals surface area contributed by atoms with E-state index in [1.54, 1.807) is 13.8 Å². The maximum atomic E-state index is 11.0. The van der Waals surface area contributed by atoms with Gasteiger partial charge in [0.1, 0.15) is 6.10 Å². The summed E-state index contributed by atoms with van der Waals surface area (Å²) in [5.74, 6) is -0.233. The van der Waals surface area contributed by atoms with Crippen molar-refractivity contribution in [2.45, 2.75) is 38.9 Å². The summed E-state index contributed by atoms with van der Waals surface area (Å²) in [4.78, 5) is 22.0. The van der Waals surface area contributed by atoms with Crippen molar-refractivity contribution in [1.29, 1.82) is 0 Å². The molecule has 13 heavy (non-hydrogen) atoms. The van der Waals surface area contributed by atoms with Gasteiger partial charge in [0.15, 0.2) is 5.78 Å². The highest BCUT2D eigenvalue weighted by molar-refractivity contribution is 5.85. The number of rotatable bonds is 3. The SMILES string of the molecule is CCOC(=O)C[C@H]1CC(=O)[C@H](C)O1. The van der Waals surface area contributed by atoms with E-state index in [-0.39, 0.29) is 30.4 Å². The second-order valence-electron chi connectivity index (χ2n) is 3.08. The third-order valence-corrected chi connectivity index (χ3v) is 1.98. The van der Waals surface area contributed by atoms with Crippen LogP contribution in [-0.2, 0) is 19.1 Å². The zero-order chi connectivity index (χ0) is 9.84. The summed E-state index contributed by atoms with van der Waals surface area (Å²) in [6.45, 7) is 3.82. The van der Waals surface area contributed by atoms with Gasteiger partial charge in [-0.05, 0) is 13.8 Å². The van der Waals surface area contributed by atoms with Gasteiger partial charge in [-0.25, -0.2) is 0 Å². The topological polar surface area (TPSA) is 52.6 Å². The molecule has 0 aromatic carbocycles. The Bertz CT molecular complexity index is 212. The van der Waals surface area contributed by atoms with Gasteiger partial charge in [0.05, 0.1) is 19.1 Å². The largest absolute Gasteiger partial charge is 0.466 e. The van der Waals surface area contributed by atoms with Crippen LogP contribution in [0.2, 0.25) is 0 Å². The fourth-order valence-corrected chi connectivity index (χ4v) is 1.33. The molecule has 1 heterocycles. The quantitative estimate of drug-likeness (QED) is 0.608. The molecule has 0 aromatic heterocycles. The van der Waals surface area contributed by atoms with E-state index in [0.29, 0.717) is 13.0 Å². The molecule has 0 spiro atoms. The molecule has 0 radical (unpaired) electrons. The number of carbonyl (C=O) groups is 2. The van der Waals surface area contributed by atoms with Crippen LogP contribution in [0, 0.1) is 0 Å². The van der Waals surface area contributed by atoms with Gasteiger partial charge >= 0.3 is 5.97 Å². The van der Waals surface area contributed by atoms with Crippen LogP contribution in [-0.4, -0.2) is 30.6 Å². The number of carbonyl (C=O) groups excluding carboxylic acids is 2. The minimum Gasteiger partial charge on any atom is -0.466 e. The monoisotopic (exact) mass is 186 g/mol. The Hall–Kier alpha value is -0.900. The Balaban J connectivity index is 2.31. The van der Waals surface area contributed by atoms with Crippen molar-refractivity contribution >= 4 is 11.8 Å².